The Morgan fingerprint density at radius 3 is 2.48 bits per heavy atom. The van der Waals surface area contributed by atoms with Crippen molar-refractivity contribution in [3.63, 3.8) is 0 Å². The predicted molar refractivity (Wildman–Crippen MR) is 126 cm³/mol. The normalized spacial score (nSPS) is 16.0. The lowest BCUT2D eigenvalue weighted by Gasteiger charge is -2.35. The number of aryl methyl sites for hydroxylation is 2. The number of rotatable bonds is 5. The molecule has 172 valence electrons. The zero-order chi connectivity index (χ0) is 23.5. The Morgan fingerprint density at radius 1 is 1.06 bits per heavy atom. The highest BCUT2D eigenvalue weighted by Crippen LogP contribution is 2.29. The van der Waals surface area contributed by atoms with Crippen LogP contribution in [-0.2, 0) is 11.3 Å². The Balaban J connectivity index is 1.52. The number of nitrogens with one attached hydrogen (secondary N) is 1. The minimum atomic E-state index is -0.248. The minimum Gasteiger partial charge on any atom is -0.331 e. The minimum absolute atomic E-state index is 0.0115. The predicted octanol–water partition coefficient (Wildman–Crippen LogP) is 3.91. The summed E-state index contributed by atoms with van der Waals surface area (Å²) in [6, 6.07) is 9.09. The molecular weight excluding hydrogens is 416 g/mol. The van der Waals surface area contributed by atoms with Crippen LogP contribution in [0.1, 0.15) is 64.1 Å². The summed E-state index contributed by atoms with van der Waals surface area (Å²) in [4.78, 5) is 37.0. The number of piperidine rings is 1. The van der Waals surface area contributed by atoms with Gasteiger partial charge >= 0.3 is 0 Å². The largest absolute Gasteiger partial charge is 0.331 e. The fraction of sp³-hybridized carbons (Fsp3) is 0.400. The first-order valence-corrected chi connectivity index (χ1v) is 11.3. The Kier molecular flexibility index (Phi) is 6.53. The molecule has 8 nitrogen and oxygen atoms in total. The van der Waals surface area contributed by atoms with Gasteiger partial charge in [-0.2, -0.15) is 5.10 Å². The first kappa shape index (κ1) is 22.6. The number of anilines is 1. The van der Waals surface area contributed by atoms with E-state index in [2.05, 4.69) is 20.4 Å². The van der Waals surface area contributed by atoms with Gasteiger partial charge in [0.15, 0.2) is 5.82 Å². The van der Waals surface area contributed by atoms with E-state index >= 15 is 0 Å². The zero-order valence-electron chi connectivity index (χ0n) is 19.6. The molecule has 0 radical (unpaired) electrons. The smallest absolute Gasteiger partial charge is 0.259 e. The second-order valence-electron chi connectivity index (χ2n) is 8.60. The highest BCUT2D eigenvalue weighted by molar-refractivity contribution is 6.04. The standard InChI is InChI=1S/C25H30N6O2/c1-16-17(2)29-31(19(16)4)15-23(32)30-13-9-8-12-22(30)24-26-14-21(18(3)27-24)25(33)28-20-10-6-5-7-11-20/h5-7,10-11,14,22H,8-9,12-13,15H2,1-4H3,(H,28,33). The van der Waals surface area contributed by atoms with Crippen molar-refractivity contribution in [1.82, 2.24) is 24.6 Å². The van der Waals surface area contributed by atoms with Crippen molar-refractivity contribution >= 4 is 17.5 Å². The van der Waals surface area contributed by atoms with E-state index in [1.165, 1.54) is 0 Å². The van der Waals surface area contributed by atoms with Crippen LogP contribution in [0, 0.1) is 27.7 Å². The molecule has 1 aliphatic rings. The van der Waals surface area contributed by atoms with Gasteiger partial charge in [-0.25, -0.2) is 9.97 Å². The molecule has 0 bridgehead atoms. The molecule has 0 aliphatic carbocycles. The fourth-order valence-electron chi connectivity index (χ4n) is 4.25. The van der Waals surface area contributed by atoms with Gasteiger partial charge < -0.3 is 10.2 Å². The number of para-hydroxylation sites is 1. The van der Waals surface area contributed by atoms with Gasteiger partial charge in [-0.1, -0.05) is 18.2 Å². The van der Waals surface area contributed by atoms with Crippen molar-refractivity contribution in [3.05, 3.63) is 70.6 Å². The summed E-state index contributed by atoms with van der Waals surface area (Å²) in [7, 11) is 0. The molecule has 1 aromatic carbocycles. The molecular formula is C25H30N6O2. The number of likely N-dealkylation sites (tertiary alicyclic amines) is 1. The van der Waals surface area contributed by atoms with Crippen molar-refractivity contribution in [2.75, 3.05) is 11.9 Å². The van der Waals surface area contributed by atoms with E-state index < -0.39 is 0 Å². The van der Waals surface area contributed by atoms with Crippen LogP contribution in [0.4, 0.5) is 5.69 Å². The number of carbonyl (C=O) groups is 2. The molecule has 3 heterocycles. The zero-order valence-corrected chi connectivity index (χ0v) is 19.6. The van der Waals surface area contributed by atoms with Crippen LogP contribution in [-0.4, -0.2) is 43.0 Å². The Hall–Kier alpha value is -3.55. The van der Waals surface area contributed by atoms with Gasteiger partial charge in [0.1, 0.15) is 6.54 Å². The van der Waals surface area contributed by atoms with Crippen molar-refractivity contribution in [1.29, 1.82) is 0 Å². The first-order valence-electron chi connectivity index (χ1n) is 11.3. The lowest BCUT2D eigenvalue weighted by molar-refractivity contribution is -0.136. The average Bonchev–Trinajstić information content (AvgIpc) is 3.05. The molecule has 1 saturated heterocycles. The van der Waals surface area contributed by atoms with Gasteiger partial charge in [-0.15, -0.1) is 0 Å². The summed E-state index contributed by atoms with van der Waals surface area (Å²) >= 11 is 0. The van der Waals surface area contributed by atoms with Gasteiger partial charge in [0.25, 0.3) is 5.91 Å². The van der Waals surface area contributed by atoms with Gasteiger partial charge in [-0.05, 0) is 64.7 Å². The van der Waals surface area contributed by atoms with Crippen molar-refractivity contribution in [2.45, 2.75) is 59.5 Å². The van der Waals surface area contributed by atoms with Crippen LogP contribution >= 0.6 is 0 Å². The van der Waals surface area contributed by atoms with Crippen LogP contribution in [0.3, 0.4) is 0 Å². The van der Waals surface area contributed by atoms with Crippen LogP contribution in [0.15, 0.2) is 36.5 Å². The summed E-state index contributed by atoms with van der Waals surface area (Å²) in [6.07, 6.45) is 4.33. The lowest BCUT2D eigenvalue weighted by Crippen LogP contribution is -2.41. The maximum Gasteiger partial charge on any atom is 0.259 e. The molecule has 4 rings (SSSR count). The summed E-state index contributed by atoms with van der Waals surface area (Å²) in [5.74, 6) is 0.348. The first-order chi connectivity index (χ1) is 15.8. The molecule has 2 amide bonds. The summed E-state index contributed by atoms with van der Waals surface area (Å²) in [5.41, 5.74) is 4.81. The second kappa shape index (κ2) is 9.52. The van der Waals surface area contributed by atoms with E-state index in [1.807, 2.05) is 56.0 Å². The summed E-state index contributed by atoms with van der Waals surface area (Å²) < 4.78 is 1.78. The maximum absolute atomic E-state index is 13.2. The van der Waals surface area contributed by atoms with E-state index in [1.54, 1.807) is 17.8 Å². The third-order valence-corrected chi connectivity index (χ3v) is 6.42. The van der Waals surface area contributed by atoms with Crippen molar-refractivity contribution < 1.29 is 9.59 Å². The number of benzene rings is 1. The number of hydrogen-bond acceptors (Lipinski definition) is 5. The summed E-state index contributed by atoms with van der Waals surface area (Å²) in [6.45, 7) is 8.64. The monoisotopic (exact) mass is 446 g/mol. The number of hydrogen-bond donors (Lipinski definition) is 1. The third-order valence-electron chi connectivity index (χ3n) is 6.42. The maximum atomic E-state index is 13.2. The molecule has 0 saturated carbocycles. The van der Waals surface area contributed by atoms with Gasteiger partial charge in [0.05, 0.1) is 23.0 Å². The van der Waals surface area contributed by atoms with Gasteiger partial charge in [0, 0.05) is 24.1 Å². The fourth-order valence-corrected chi connectivity index (χ4v) is 4.25. The Labute approximate surface area is 194 Å². The third kappa shape index (κ3) is 4.79. The number of amides is 2. The van der Waals surface area contributed by atoms with E-state index in [-0.39, 0.29) is 24.4 Å². The van der Waals surface area contributed by atoms with Crippen LogP contribution in [0.25, 0.3) is 0 Å². The molecule has 1 atom stereocenters. The number of carbonyl (C=O) groups excluding carboxylic acids is 2. The SMILES string of the molecule is Cc1nc(C2CCCCN2C(=O)Cn2nc(C)c(C)c2C)ncc1C(=O)Nc1ccccc1. The molecule has 8 heteroatoms. The van der Waals surface area contributed by atoms with Gasteiger partial charge in [0.2, 0.25) is 5.91 Å². The molecule has 1 aliphatic heterocycles. The van der Waals surface area contributed by atoms with E-state index in [0.717, 1.165) is 41.9 Å². The highest BCUT2D eigenvalue weighted by Gasteiger charge is 2.31. The van der Waals surface area contributed by atoms with Crippen LogP contribution in [0.5, 0.6) is 0 Å². The number of nitrogens with zero attached hydrogens (tertiary/aromatic N) is 5. The Bertz CT molecular complexity index is 1170. The molecule has 0 spiro atoms. The molecule has 2 aromatic heterocycles. The van der Waals surface area contributed by atoms with Crippen molar-refractivity contribution in [2.24, 2.45) is 0 Å². The quantitative estimate of drug-likeness (QED) is 0.641. The Morgan fingerprint density at radius 2 is 1.82 bits per heavy atom. The van der Waals surface area contributed by atoms with Gasteiger partial charge in [-0.3, -0.25) is 14.3 Å². The van der Waals surface area contributed by atoms with Crippen LogP contribution in [0.2, 0.25) is 0 Å². The average molecular weight is 447 g/mol. The van der Waals surface area contributed by atoms with E-state index in [4.69, 9.17) is 0 Å². The van der Waals surface area contributed by atoms with Crippen molar-refractivity contribution in [3.8, 4) is 0 Å². The molecule has 1 N–H and O–H groups in total. The molecule has 1 fully saturated rings. The van der Waals surface area contributed by atoms with E-state index in [0.29, 0.717) is 23.6 Å². The topological polar surface area (TPSA) is 93.0 Å². The molecule has 33 heavy (non-hydrogen) atoms. The number of aromatic nitrogens is 4. The van der Waals surface area contributed by atoms with E-state index in [9.17, 15) is 9.59 Å². The molecule has 3 aromatic rings. The second-order valence-corrected chi connectivity index (χ2v) is 8.60. The lowest BCUT2D eigenvalue weighted by atomic mass is 10.0. The summed E-state index contributed by atoms with van der Waals surface area (Å²) in [5, 5.41) is 7.39. The molecule has 1 unspecified atom stereocenters. The highest BCUT2D eigenvalue weighted by atomic mass is 16.2. The van der Waals surface area contributed by atoms with Crippen LogP contribution < -0.4 is 5.32 Å².